The summed E-state index contributed by atoms with van der Waals surface area (Å²) in [6.45, 7) is 1.71. The predicted molar refractivity (Wildman–Crippen MR) is 68.4 cm³/mol. The van der Waals surface area contributed by atoms with Crippen molar-refractivity contribution in [3.63, 3.8) is 0 Å². The number of anilines is 1. The molecule has 0 aliphatic heterocycles. The second-order valence-corrected chi connectivity index (χ2v) is 3.97. The summed E-state index contributed by atoms with van der Waals surface area (Å²) in [4.78, 5) is 0. The molecule has 0 amide bonds. The van der Waals surface area contributed by atoms with Gasteiger partial charge in [0.25, 0.3) is 0 Å². The topological polar surface area (TPSA) is 63.5 Å². The van der Waals surface area contributed by atoms with Crippen LogP contribution in [0.15, 0.2) is 24.3 Å². The molecule has 98 valence electrons. The van der Waals surface area contributed by atoms with Gasteiger partial charge < -0.3 is 19.5 Å². The molecule has 1 rings (SSSR count). The minimum Gasteiger partial charge on any atom is -0.497 e. The van der Waals surface area contributed by atoms with Crippen LogP contribution in [0.4, 0.5) is 5.69 Å². The Morgan fingerprint density at radius 2 is 1.94 bits per heavy atom. The smallest absolute Gasteiger partial charge is 0.193 e. The van der Waals surface area contributed by atoms with E-state index in [1.54, 1.807) is 20.1 Å². The quantitative estimate of drug-likeness (QED) is 0.782. The molecule has 0 bridgehead atoms. The number of ether oxygens (including phenoxy) is 3. The van der Waals surface area contributed by atoms with Gasteiger partial charge in [-0.1, -0.05) is 6.07 Å². The monoisotopic (exact) mass is 250 g/mol. The summed E-state index contributed by atoms with van der Waals surface area (Å²) in [6.07, 6.45) is -0.672. The molecule has 1 aromatic rings. The van der Waals surface area contributed by atoms with E-state index in [9.17, 15) is 5.26 Å². The third kappa shape index (κ3) is 3.13. The van der Waals surface area contributed by atoms with E-state index < -0.39 is 11.8 Å². The van der Waals surface area contributed by atoms with Gasteiger partial charge in [-0.15, -0.1) is 0 Å². The summed E-state index contributed by atoms with van der Waals surface area (Å²) in [7, 11) is 4.59. The van der Waals surface area contributed by atoms with Crippen molar-refractivity contribution in [1.82, 2.24) is 0 Å². The van der Waals surface area contributed by atoms with Crippen LogP contribution < -0.4 is 10.1 Å². The summed E-state index contributed by atoms with van der Waals surface area (Å²) in [5.74, 6) is 0.715. The van der Waals surface area contributed by atoms with Gasteiger partial charge in [-0.25, -0.2) is 0 Å². The molecular weight excluding hydrogens is 232 g/mol. The first-order valence-electron chi connectivity index (χ1n) is 5.48. The van der Waals surface area contributed by atoms with Crippen molar-refractivity contribution < 1.29 is 14.2 Å². The van der Waals surface area contributed by atoms with Crippen LogP contribution >= 0.6 is 0 Å². The van der Waals surface area contributed by atoms with Crippen LogP contribution in [0.3, 0.4) is 0 Å². The minimum atomic E-state index is -0.990. The van der Waals surface area contributed by atoms with Gasteiger partial charge in [-0.3, -0.25) is 0 Å². The van der Waals surface area contributed by atoms with Crippen molar-refractivity contribution in [2.75, 3.05) is 26.6 Å². The Hall–Kier alpha value is -1.77. The average Bonchev–Trinajstić information content (AvgIpc) is 2.40. The molecule has 1 aromatic carbocycles. The van der Waals surface area contributed by atoms with Crippen LogP contribution in [0.5, 0.6) is 5.75 Å². The Labute approximate surface area is 107 Å². The number of hydrogen-bond donors (Lipinski definition) is 1. The number of nitriles is 1. The maximum absolute atomic E-state index is 9.30. The van der Waals surface area contributed by atoms with E-state index in [1.165, 1.54) is 14.2 Å². The molecule has 5 nitrogen and oxygen atoms in total. The summed E-state index contributed by atoms with van der Waals surface area (Å²) in [5, 5.41) is 12.4. The number of hydrogen-bond acceptors (Lipinski definition) is 5. The lowest BCUT2D eigenvalue weighted by Gasteiger charge is -2.31. The number of nitrogens with zero attached hydrogens (tertiary/aromatic N) is 1. The minimum absolute atomic E-state index is 0.672. The molecule has 1 N–H and O–H groups in total. The molecule has 0 fully saturated rings. The van der Waals surface area contributed by atoms with Gasteiger partial charge in [0.05, 0.1) is 13.2 Å². The SMILES string of the molecule is COc1cccc(NC(C)(C#N)C(OC)OC)c1. The first kappa shape index (κ1) is 14.3. The fourth-order valence-corrected chi connectivity index (χ4v) is 1.71. The van der Waals surface area contributed by atoms with E-state index in [0.29, 0.717) is 5.75 Å². The highest BCUT2D eigenvalue weighted by Gasteiger charge is 2.35. The Balaban J connectivity index is 2.94. The third-order valence-electron chi connectivity index (χ3n) is 2.61. The Morgan fingerprint density at radius 3 is 2.44 bits per heavy atom. The van der Waals surface area contributed by atoms with Crippen molar-refractivity contribution in [1.29, 1.82) is 5.26 Å². The van der Waals surface area contributed by atoms with Gasteiger partial charge in [0.15, 0.2) is 11.8 Å². The van der Waals surface area contributed by atoms with Gasteiger partial charge >= 0.3 is 0 Å². The molecule has 18 heavy (non-hydrogen) atoms. The van der Waals surface area contributed by atoms with E-state index in [1.807, 2.05) is 18.2 Å². The molecular formula is C13H18N2O3. The molecule has 0 heterocycles. The highest BCUT2D eigenvalue weighted by atomic mass is 16.7. The Kier molecular flexibility index (Phi) is 4.95. The van der Waals surface area contributed by atoms with Gasteiger partial charge in [-0.2, -0.15) is 5.26 Å². The normalized spacial score (nSPS) is 13.8. The van der Waals surface area contributed by atoms with Crippen molar-refractivity contribution in [3.8, 4) is 11.8 Å². The standard InChI is InChI=1S/C13H18N2O3/c1-13(9-14,12(17-3)18-4)15-10-6-5-7-11(8-10)16-2/h5-8,12,15H,1-4H3. The first-order chi connectivity index (χ1) is 8.59. The lowest BCUT2D eigenvalue weighted by atomic mass is 10.0. The largest absolute Gasteiger partial charge is 0.497 e. The summed E-state index contributed by atoms with van der Waals surface area (Å²) >= 11 is 0. The highest BCUT2D eigenvalue weighted by molar-refractivity contribution is 5.51. The van der Waals surface area contributed by atoms with Crippen molar-refractivity contribution in [2.24, 2.45) is 0 Å². The van der Waals surface area contributed by atoms with Gasteiger partial charge in [-0.05, 0) is 19.1 Å². The Morgan fingerprint density at radius 1 is 1.28 bits per heavy atom. The highest BCUT2D eigenvalue weighted by Crippen LogP contribution is 2.23. The van der Waals surface area contributed by atoms with Gasteiger partial charge in [0.2, 0.25) is 0 Å². The van der Waals surface area contributed by atoms with Crippen LogP contribution in [-0.4, -0.2) is 33.2 Å². The van der Waals surface area contributed by atoms with Gasteiger partial charge in [0, 0.05) is 26.0 Å². The van der Waals surface area contributed by atoms with Crippen LogP contribution in [-0.2, 0) is 9.47 Å². The lowest BCUT2D eigenvalue weighted by Crippen LogP contribution is -2.47. The summed E-state index contributed by atoms with van der Waals surface area (Å²) < 4.78 is 15.4. The average molecular weight is 250 g/mol. The maximum Gasteiger partial charge on any atom is 0.193 e. The maximum atomic E-state index is 9.30. The first-order valence-corrected chi connectivity index (χ1v) is 5.48. The van der Waals surface area contributed by atoms with E-state index in [0.717, 1.165) is 5.69 Å². The number of methoxy groups -OCH3 is 3. The fourth-order valence-electron chi connectivity index (χ4n) is 1.71. The van der Waals surface area contributed by atoms with E-state index >= 15 is 0 Å². The van der Waals surface area contributed by atoms with Crippen LogP contribution in [0.2, 0.25) is 0 Å². The van der Waals surface area contributed by atoms with E-state index in [-0.39, 0.29) is 0 Å². The number of rotatable bonds is 6. The lowest BCUT2D eigenvalue weighted by molar-refractivity contribution is -0.124. The summed E-state index contributed by atoms with van der Waals surface area (Å²) in [5.41, 5.74) is -0.229. The molecule has 1 unspecified atom stereocenters. The Bertz CT molecular complexity index is 426. The summed E-state index contributed by atoms with van der Waals surface area (Å²) in [6, 6.07) is 9.49. The van der Waals surface area contributed by atoms with E-state index in [4.69, 9.17) is 14.2 Å². The third-order valence-corrected chi connectivity index (χ3v) is 2.61. The van der Waals surface area contributed by atoms with Crippen LogP contribution in [0.25, 0.3) is 0 Å². The molecule has 5 heteroatoms. The predicted octanol–water partition coefficient (Wildman–Crippen LogP) is 2.01. The second-order valence-electron chi connectivity index (χ2n) is 3.97. The molecule has 0 spiro atoms. The fraction of sp³-hybridized carbons (Fsp3) is 0.462. The van der Waals surface area contributed by atoms with Crippen molar-refractivity contribution in [2.45, 2.75) is 18.8 Å². The molecule has 1 atom stereocenters. The molecule has 0 radical (unpaired) electrons. The zero-order valence-corrected chi connectivity index (χ0v) is 11.1. The zero-order chi connectivity index (χ0) is 13.6. The second kappa shape index (κ2) is 6.24. The van der Waals surface area contributed by atoms with E-state index in [2.05, 4.69) is 11.4 Å². The molecule has 0 saturated carbocycles. The molecule has 0 aliphatic rings. The van der Waals surface area contributed by atoms with Crippen LogP contribution in [0, 0.1) is 11.3 Å². The molecule has 0 aromatic heterocycles. The molecule has 0 aliphatic carbocycles. The van der Waals surface area contributed by atoms with Crippen molar-refractivity contribution in [3.05, 3.63) is 24.3 Å². The van der Waals surface area contributed by atoms with Crippen LogP contribution in [0.1, 0.15) is 6.92 Å². The number of benzene rings is 1. The molecule has 0 saturated heterocycles. The number of nitrogens with one attached hydrogen (secondary N) is 1. The van der Waals surface area contributed by atoms with Crippen molar-refractivity contribution >= 4 is 5.69 Å². The zero-order valence-electron chi connectivity index (χ0n) is 11.1. The van der Waals surface area contributed by atoms with Gasteiger partial charge in [0.1, 0.15) is 5.75 Å².